The predicted octanol–water partition coefficient (Wildman–Crippen LogP) is 4.49. The number of carbonyl (C=O) groups is 4. The Morgan fingerprint density at radius 3 is 1.41 bits per heavy atom. The lowest BCUT2D eigenvalue weighted by molar-refractivity contribution is -0.140. The first-order chi connectivity index (χ1) is 27.2. The predicted molar refractivity (Wildman–Crippen MR) is 202 cm³/mol. The molecule has 4 aliphatic rings. The molecule has 2 aromatic heterocycles. The van der Waals surface area contributed by atoms with Crippen molar-refractivity contribution in [2.75, 3.05) is 53.7 Å². The van der Waals surface area contributed by atoms with Crippen molar-refractivity contribution in [3.63, 3.8) is 0 Å². The van der Waals surface area contributed by atoms with E-state index in [-0.39, 0.29) is 37.1 Å². The minimum Gasteiger partial charge on any atom is -0.453 e. The molecule has 4 atom stereocenters. The number of carbonyl (C=O) groups excluding carboxylic acids is 4. The van der Waals surface area contributed by atoms with Gasteiger partial charge in [-0.25, -0.2) is 19.6 Å². The van der Waals surface area contributed by atoms with E-state index in [1.807, 2.05) is 24.3 Å². The van der Waals surface area contributed by atoms with Gasteiger partial charge in [0.25, 0.3) is 11.8 Å². The molecule has 0 unspecified atom stereocenters. The van der Waals surface area contributed by atoms with Gasteiger partial charge in [-0.15, -0.1) is 0 Å². The SMILES string of the molecule is COC(=O)N[C@]1(C(=O)N2CCC[C@H]2c2ncc(-c3ccc(-c4ccc(-c5cnc([C@@H]6CCCN6C(=O)[C@@]6(NC(=O)OC)CCOC6)[nH]5)cc4)cc3)[nH]2)CCOC1. The van der Waals surface area contributed by atoms with E-state index < -0.39 is 23.3 Å². The third-order valence-corrected chi connectivity index (χ3v) is 11.5. The monoisotopic (exact) mass is 766 g/mol. The first kappa shape index (κ1) is 37.2. The lowest BCUT2D eigenvalue weighted by Crippen LogP contribution is -2.60. The first-order valence-corrected chi connectivity index (χ1v) is 19.0. The van der Waals surface area contributed by atoms with Crippen molar-refractivity contribution < 1.29 is 38.1 Å². The Bertz CT molecular complexity index is 1920. The molecule has 0 radical (unpaired) electrons. The third kappa shape index (κ3) is 6.98. The summed E-state index contributed by atoms with van der Waals surface area (Å²) in [5, 5.41) is 5.49. The second-order valence-corrected chi connectivity index (χ2v) is 14.8. The van der Waals surface area contributed by atoms with Crippen LogP contribution in [0.4, 0.5) is 9.59 Å². The number of nitrogens with zero attached hydrogens (tertiary/aromatic N) is 4. The summed E-state index contributed by atoms with van der Waals surface area (Å²) in [6.45, 7) is 2.10. The number of imidazole rings is 2. The molecule has 294 valence electrons. The maximum absolute atomic E-state index is 13.8. The van der Waals surface area contributed by atoms with Gasteiger partial charge in [0.1, 0.15) is 22.7 Å². The van der Waals surface area contributed by atoms with Crippen molar-refractivity contribution >= 4 is 24.0 Å². The fraction of sp³-hybridized carbons (Fsp3) is 0.450. The van der Waals surface area contributed by atoms with E-state index in [0.717, 1.165) is 59.3 Å². The fourth-order valence-electron chi connectivity index (χ4n) is 8.39. The Labute approximate surface area is 323 Å². The number of likely N-dealkylation sites (tertiary alicyclic amines) is 2. The van der Waals surface area contributed by atoms with Crippen LogP contribution in [-0.4, -0.2) is 119 Å². The second kappa shape index (κ2) is 15.4. The van der Waals surface area contributed by atoms with Crippen LogP contribution in [0.1, 0.15) is 62.3 Å². The van der Waals surface area contributed by atoms with Crippen LogP contribution >= 0.6 is 0 Å². The molecule has 16 heteroatoms. The average Bonchev–Trinajstić information content (AvgIpc) is 4.08. The zero-order chi connectivity index (χ0) is 38.9. The number of nitrogens with one attached hydrogen (secondary N) is 4. The Morgan fingerprint density at radius 2 is 1.05 bits per heavy atom. The van der Waals surface area contributed by atoms with Gasteiger partial charge in [0.2, 0.25) is 0 Å². The minimum atomic E-state index is -1.15. The average molecular weight is 767 g/mol. The molecule has 0 spiro atoms. The summed E-state index contributed by atoms with van der Waals surface area (Å²) in [6, 6.07) is 15.9. The fourth-order valence-corrected chi connectivity index (χ4v) is 8.39. The van der Waals surface area contributed by atoms with E-state index in [1.54, 1.807) is 22.2 Å². The highest BCUT2D eigenvalue weighted by Gasteiger charge is 2.50. The number of aromatic amines is 2. The number of methoxy groups -OCH3 is 2. The lowest BCUT2D eigenvalue weighted by Gasteiger charge is -2.34. The van der Waals surface area contributed by atoms with Gasteiger partial charge in [-0.1, -0.05) is 48.5 Å². The molecule has 4 aromatic rings. The molecule has 0 bridgehead atoms. The largest absolute Gasteiger partial charge is 0.453 e. The van der Waals surface area contributed by atoms with Gasteiger partial charge in [0.05, 0.1) is 63.3 Å². The molecule has 16 nitrogen and oxygen atoms in total. The first-order valence-electron chi connectivity index (χ1n) is 19.0. The molecule has 56 heavy (non-hydrogen) atoms. The molecule has 4 aliphatic heterocycles. The van der Waals surface area contributed by atoms with Gasteiger partial charge >= 0.3 is 12.2 Å². The maximum atomic E-state index is 13.8. The van der Waals surface area contributed by atoms with Crippen molar-refractivity contribution in [1.82, 2.24) is 40.4 Å². The van der Waals surface area contributed by atoms with Crippen molar-refractivity contribution in [3.05, 3.63) is 72.6 Å². The second-order valence-electron chi connectivity index (χ2n) is 14.8. The third-order valence-electron chi connectivity index (χ3n) is 11.5. The van der Waals surface area contributed by atoms with Crippen LogP contribution in [0.2, 0.25) is 0 Å². The van der Waals surface area contributed by atoms with Crippen LogP contribution in [-0.2, 0) is 28.5 Å². The van der Waals surface area contributed by atoms with Crippen molar-refractivity contribution in [1.29, 1.82) is 0 Å². The summed E-state index contributed by atoms with van der Waals surface area (Å²) in [5.74, 6) is 1.04. The number of rotatable bonds is 9. The summed E-state index contributed by atoms with van der Waals surface area (Å²) in [4.78, 5) is 71.8. The highest BCUT2D eigenvalue weighted by molar-refractivity contribution is 5.92. The van der Waals surface area contributed by atoms with Crippen LogP contribution in [0.5, 0.6) is 0 Å². The molecular weight excluding hydrogens is 720 g/mol. The Kier molecular flexibility index (Phi) is 10.2. The number of H-pyrrole nitrogens is 2. The van der Waals surface area contributed by atoms with E-state index in [1.165, 1.54) is 14.2 Å². The number of benzene rings is 2. The summed E-state index contributed by atoms with van der Waals surface area (Å²) >= 11 is 0. The number of hydrogen-bond acceptors (Lipinski definition) is 10. The Balaban J connectivity index is 0.923. The standard InChI is InChI=1S/C40H46N8O8/c1-53-37(51)45-39(15-19-55-23-39)35(49)47-17-3-5-31(47)33-41-21-29(43-33)27-11-7-25(8-12-27)26-9-13-28(14-10-26)30-22-42-34(44-30)32-6-4-18-48(32)36(50)40(16-20-56-24-40)46-38(52)54-2/h7-14,21-22,31-32H,3-6,15-20,23-24H2,1-2H3,(H,41,43)(H,42,44)(H,45,51)(H,46,52)/t31-,32-,39+,40+/m0/s1. The minimum absolute atomic E-state index is 0.104. The van der Waals surface area contributed by atoms with Crippen LogP contribution in [0, 0.1) is 0 Å². The number of ether oxygens (including phenoxy) is 4. The van der Waals surface area contributed by atoms with Crippen LogP contribution in [0.3, 0.4) is 0 Å². The smallest absolute Gasteiger partial charge is 0.407 e. The van der Waals surface area contributed by atoms with E-state index in [4.69, 9.17) is 18.9 Å². The van der Waals surface area contributed by atoms with E-state index in [9.17, 15) is 19.2 Å². The summed E-state index contributed by atoms with van der Waals surface area (Å²) in [6.07, 6.45) is 6.20. The van der Waals surface area contributed by atoms with E-state index in [2.05, 4.69) is 54.8 Å². The number of hydrogen-bond donors (Lipinski definition) is 4. The van der Waals surface area contributed by atoms with Gasteiger partial charge in [-0.2, -0.15) is 0 Å². The van der Waals surface area contributed by atoms with Gasteiger partial charge in [0, 0.05) is 39.1 Å². The van der Waals surface area contributed by atoms with Gasteiger partial charge in [-0.05, 0) is 47.9 Å². The van der Waals surface area contributed by atoms with Crippen LogP contribution < -0.4 is 10.6 Å². The number of aromatic nitrogens is 4. The quantitative estimate of drug-likeness (QED) is 0.189. The molecule has 4 N–H and O–H groups in total. The van der Waals surface area contributed by atoms with E-state index >= 15 is 0 Å². The molecule has 4 saturated heterocycles. The van der Waals surface area contributed by atoms with Crippen molar-refractivity contribution in [3.8, 4) is 33.6 Å². The highest BCUT2D eigenvalue weighted by Crippen LogP contribution is 2.37. The van der Waals surface area contributed by atoms with Crippen LogP contribution in [0.15, 0.2) is 60.9 Å². The lowest BCUT2D eigenvalue weighted by atomic mass is 9.96. The highest BCUT2D eigenvalue weighted by atomic mass is 16.5. The summed E-state index contributed by atoms with van der Waals surface area (Å²) < 4.78 is 20.7. The molecule has 0 saturated carbocycles. The van der Waals surface area contributed by atoms with Gasteiger partial charge < -0.3 is 49.3 Å². The molecule has 6 heterocycles. The van der Waals surface area contributed by atoms with Gasteiger partial charge in [-0.3, -0.25) is 9.59 Å². The van der Waals surface area contributed by atoms with Crippen molar-refractivity contribution in [2.45, 2.75) is 61.7 Å². The topological polar surface area (TPSA) is 193 Å². The Morgan fingerprint density at radius 1 is 0.661 bits per heavy atom. The van der Waals surface area contributed by atoms with Crippen molar-refractivity contribution in [2.24, 2.45) is 0 Å². The molecule has 0 aliphatic carbocycles. The zero-order valence-corrected chi connectivity index (χ0v) is 31.5. The zero-order valence-electron chi connectivity index (χ0n) is 31.5. The summed E-state index contributed by atoms with van der Waals surface area (Å²) in [7, 11) is 2.56. The van der Waals surface area contributed by atoms with E-state index in [0.29, 0.717) is 50.8 Å². The molecule has 2 aromatic carbocycles. The van der Waals surface area contributed by atoms with Crippen LogP contribution in [0.25, 0.3) is 33.6 Å². The molecule has 4 fully saturated rings. The molecular formula is C40H46N8O8. The maximum Gasteiger partial charge on any atom is 0.407 e. The number of amides is 4. The number of alkyl carbamates (subject to hydrolysis) is 2. The normalized spacial score (nSPS) is 24.7. The molecule has 8 rings (SSSR count). The summed E-state index contributed by atoms with van der Waals surface area (Å²) in [5.41, 5.74) is 3.40. The Hall–Kier alpha value is -5.74. The molecule has 4 amide bonds. The van der Waals surface area contributed by atoms with Gasteiger partial charge in [0.15, 0.2) is 0 Å².